The van der Waals surface area contributed by atoms with Gasteiger partial charge in [-0.15, -0.1) is 0 Å². The van der Waals surface area contributed by atoms with Crippen molar-refractivity contribution in [2.75, 3.05) is 11.9 Å². The number of ether oxygens (including phenoxy) is 1. The molecular formula is C19H12FN3O4S. The average molecular weight is 397 g/mol. The van der Waals surface area contributed by atoms with Gasteiger partial charge in [-0.05, 0) is 48.5 Å². The lowest BCUT2D eigenvalue weighted by molar-refractivity contribution is -0.119. The fraction of sp³-hybridized carbons (Fsp3) is 0.0526. The first-order valence-electron chi connectivity index (χ1n) is 8.14. The van der Waals surface area contributed by atoms with Crippen LogP contribution in [-0.2, 0) is 9.53 Å². The lowest BCUT2D eigenvalue weighted by atomic mass is 10.2. The van der Waals surface area contributed by atoms with Gasteiger partial charge in [-0.1, -0.05) is 6.07 Å². The standard InChI is InChI=1S/C19H12FN3O4S/c20-12-6-4-11(5-7-12)15-8-9-16(27-15)19(25)26-10-17(24)21-13-2-1-3-14-18(13)23-28-22-14/h1-9H,10H2,(H,21,24). The van der Waals surface area contributed by atoms with E-state index in [2.05, 4.69) is 14.1 Å². The van der Waals surface area contributed by atoms with E-state index in [9.17, 15) is 14.0 Å². The van der Waals surface area contributed by atoms with Crippen molar-refractivity contribution in [3.63, 3.8) is 0 Å². The van der Waals surface area contributed by atoms with Crippen molar-refractivity contribution >= 4 is 40.3 Å². The Morgan fingerprint density at radius 3 is 2.71 bits per heavy atom. The van der Waals surface area contributed by atoms with E-state index in [1.165, 1.54) is 30.3 Å². The van der Waals surface area contributed by atoms with E-state index in [0.717, 1.165) is 11.7 Å². The van der Waals surface area contributed by atoms with E-state index in [1.807, 2.05) is 0 Å². The third-order valence-corrected chi connectivity index (χ3v) is 4.37. The van der Waals surface area contributed by atoms with Crippen LogP contribution in [0.1, 0.15) is 10.6 Å². The van der Waals surface area contributed by atoms with Crippen LogP contribution in [0.4, 0.5) is 10.1 Å². The highest BCUT2D eigenvalue weighted by Crippen LogP contribution is 2.23. The molecule has 2 heterocycles. The zero-order valence-corrected chi connectivity index (χ0v) is 15.0. The SMILES string of the molecule is O=C(COC(=O)c1ccc(-c2ccc(F)cc2)o1)Nc1cccc2nsnc12. The van der Waals surface area contributed by atoms with Crippen LogP contribution in [0, 0.1) is 5.82 Å². The summed E-state index contributed by atoms with van der Waals surface area (Å²) >= 11 is 1.04. The summed E-state index contributed by atoms with van der Waals surface area (Å²) in [6, 6.07) is 13.9. The van der Waals surface area contributed by atoms with Crippen molar-refractivity contribution < 1.29 is 23.1 Å². The molecule has 0 aliphatic rings. The van der Waals surface area contributed by atoms with E-state index in [4.69, 9.17) is 9.15 Å². The Kier molecular flexibility index (Phi) is 4.81. The quantitative estimate of drug-likeness (QED) is 0.514. The highest BCUT2D eigenvalue weighted by atomic mass is 32.1. The van der Waals surface area contributed by atoms with Gasteiger partial charge in [0.2, 0.25) is 5.76 Å². The van der Waals surface area contributed by atoms with Gasteiger partial charge in [0, 0.05) is 5.56 Å². The normalized spacial score (nSPS) is 10.8. The Balaban J connectivity index is 1.37. The number of benzene rings is 2. The maximum atomic E-state index is 13.0. The fourth-order valence-corrected chi connectivity index (χ4v) is 3.06. The summed E-state index contributed by atoms with van der Waals surface area (Å²) in [5.74, 6) is -1.33. The van der Waals surface area contributed by atoms with Gasteiger partial charge in [0.05, 0.1) is 17.4 Å². The minimum absolute atomic E-state index is 0.0575. The van der Waals surface area contributed by atoms with Gasteiger partial charge in [0.15, 0.2) is 6.61 Å². The van der Waals surface area contributed by atoms with Crippen molar-refractivity contribution in [3.8, 4) is 11.3 Å². The number of amides is 1. The molecule has 0 unspecified atom stereocenters. The van der Waals surface area contributed by atoms with Gasteiger partial charge in [-0.2, -0.15) is 8.75 Å². The molecule has 0 bridgehead atoms. The molecule has 0 fully saturated rings. The Morgan fingerprint density at radius 1 is 1.07 bits per heavy atom. The molecule has 4 rings (SSSR count). The first-order chi connectivity index (χ1) is 13.6. The van der Waals surface area contributed by atoms with Crippen LogP contribution < -0.4 is 5.32 Å². The van der Waals surface area contributed by atoms with Gasteiger partial charge >= 0.3 is 5.97 Å². The molecule has 0 saturated heterocycles. The topological polar surface area (TPSA) is 94.3 Å². The van der Waals surface area contributed by atoms with Crippen molar-refractivity contribution in [1.29, 1.82) is 0 Å². The van der Waals surface area contributed by atoms with Crippen LogP contribution in [0.3, 0.4) is 0 Å². The van der Waals surface area contributed by atoms with Gasteiger partial charge in [-0.3, -0.25) is 4.79 Å². The predicted octanol–water partition coefficient (Wildman–Crippen LogP) is 3.89. The summed E-state index contributed by atoms with van der Waals surface area (Å²) in [6.07, 6.45) is 0. The maximum absolute atomic E-state index is 13.0. The van der Waals surface area contributed by atoms with E-state index in [0.29, 0.717) is 28.0 Å². The summed E-state index contributed by atoms with van der Waals surface area (Å²) in [7, 11) is 0. The zero-order chi connectivity index (χ0) is 19.5. The Labute approximate surface area is 162 Å². The van der Waals surface area contributed by atoms with Crippen LogP contribution in [0.2, 0.25) is 0 Å². The minimum atomic E-state index is -0.781. The molecule has 1 amide bonds. The van der Waals surface area contributed by atoms with Crippen molar-refractivity contribution in [2.45, 2.75) is 0 Å². The molecule has 0 saturated carbocycles. The van der Waals surface area contributed by atoms with E-state index >= 15 is 0 Å². The molecule has 2 aromatic carbocycles. The summed E-state index contributed by atoms with van der Waals surface area (Å²) in [5, 5.41) is 2.64. The molecule has 0 atom stereocenters. The molecule has 2 aromatic heterocycles. The number of esters is 1. The van der Waals surface area contributed by atoms with E-state index in [1.54, 1.807) is 24.3 Å². The number of hydrogen-bond donors (Lipinski definition) is 1. The van der Waals surface area contributed by atoms with Crippen LogP contribution >= 0.6 is 11.7 Å². The molecule has 0 spiro atoms. The van der Waals surface area contributed by atoms with Crippen LogP contribution in [0.15, 0.2) is 59.0 Å². The van der Waals surface area contributed by atoms with Gasteiger partial charge in [-0.25, -0.2) is 9.18 Å². The molecular weight excluding hydrogens is 385 g/mol. The summed E-state index contributed by atoms with van der Waals surface area (Å²) in [5.41, 5.74) is 2.35. The monoisotopic (exact) mass is 397 g/mol. The van der Waals surface area contributed by atoms with Crippen molar-refractivity contribution in [2.24, 2.45) is 0 Å². The zero-order valence-electron chi connectivity index (χ0n) is 14.2. The Hall–Kier alpha value is -3.59. The number of furan rings is 1. The molecule has 7 nitrogen and oxygen atoms in total. The molecule has 0 radical (unpaired) electrons. The molecule has 140 valence electrons. The average Bonchev–Trinajstić information content (AvgIpc) is 3.37. The van der Waals surface area contributed by atoms with Crippen molar-refractivity contribution in [3.05, 3.63) is 66.2 Å². The third kappa shape index (κ3) is 3.74. The summed E-state index contributed by atoms with van der Waals surface area (Å²) in [6.45, 7) is -0.487. The first-order valence-corrected chi connectivity index (χ1v) is 8.87. The fourth-order valence-electron chi connectivity index (χ4n) is 2.51. The lowest BCUT2D eigenvalue weighted by Gasteiger charge is -2.06. The molecule has 1 N–H and O–H groups in total. The van der Waals surface area contributed by atoms with E-state index in [-0.39, 0.29) is 11.6 Å². The number of nitrogens with zero attached hydrogens (tertiary/aromatic N) is 2. The lowest BCUT2D eigenvalue weighted by Crippen LogP contribution is -2.20. The second-order valence-electron chi connectivity index (χ2n) is 5.73. The molecule has 0 aliphatic carbocycles. The maximum Gasteiger partial charge on any atom is 0.374 e. The van der Waals surface area contributed by atoms with Gasteiger partial charge in [0.1, 0.15) is 22.6 Å². The smallest absolute Gasteiger partial charge is 0.374 e. The second-order valence-corrected chi connectivity index (χ2v) is 6.26. The summed E-state index contributed by atoms with van der Waals surface area (Å²) < 4.78 is 31.6. The number of anilines is 1. The van der Waals surface area contributed by atoms with Crippen LogP contribution in [0.25, 0.3) is 22.4 Å². The third-order valence-electron chi connectivity index (χ3n) is 3.83. The van der Waals surface area contributed by atoms with Gasteiger partial charge < -0.3 is 14.5 Å². The number of nitrogens with one attached hydrogen (secondary N) is 1. The largest absolute Gasteiger partial charge is 0.450 e. The highest BCUT2D eigenvalue weighted by molar-refractivity contribution is 7.00. The van der Waals surface area contributed by atoms with Gasteiger partial charge in [0.25, 0.3) is 5.91 Å². The van der Waals surface area contributed by atoms with Crippen molar-refractivity contribution in [1.82, 2.24) is 8.75 Å². The number of fused-ring (bicyclic) bond motifs is 1. The minimum Gasteiger partial charge on any atom is -0.450 e. The van der Waals surface area contributed by atoms with E-state index < -0.39 is 18.5 Å². The number of carbonyl (C=O) groups is 2. The number of hydrogen-bond acceptors (Lipinski definition) is 7. The Morgan fingerprint density at radius 2 is 1.89 bits per heavy atom. The van der Waals surface area contributed by atoms with Crippen LogP contribution in [-0.4, -0.2) is 27.2 Å². The predicted molar refractivity (Wildman–Crippen MR) is 100 cm³/mol. The molecule has 28 heavy (non-hydrogen) atoms. The molecule has 0 aliphatic heterocycles. The number of carbonyl (C=O) groups excluding carboxylic acids is 2. The van der Waals surface area contributed by atoms with Crippen LogP contribution in [0.5, 0.6) is 0 Å². The number of halogens is 1. The second kappa shape index (κ2) is 7.57. The summed E-state index contributed by atoms with van der Waals surface area (Å²) in [4.78, 5) is 24.2. The highest BCUT2D eigenvalue weighted by Gasteiger charge is 2.16. The molecule has 4 aromatic rings. The number of rotatable bonds is 5. The Bertz CT molecular complexity index is 1150. The first kappa shape index (κ1) is 17.8. The number of aromatic nitrogens is 2. The molecule has 9 heteroatoms.